The van der Waals surface area contributed by atoms with E-state index in [1.54, 1.807) is 44.6 Å². The molecular formula is C19H21ClN2O4. The van der Waals surface area contributed by atoms with Gasteiger partial charge in [0.25, 0.3) is 5.91 Å². The van der Waals surface area contributed by atoms with Crippen molar-refractivity contribution < 1.29 is 19.0 Å². The summed E-state index contributed by atoms with van der Waals surface area (Å²) in [4.78, 5) is 11.9. The van der Waals surface area contributed by atoms with E-state index in [-0.39, 0.29) is 12.5 Å². The van der Waals surface area contributed by atoms with Gasteiger partial charge in [0.05, 0.1) is 20.4 Å². The number of hydrazone groups is 1. The van der Waals surface area contributed by atoms with Crippen LogP contribution in [0.4, 0.5) is 0 Å². The molecular weight excluding hydrogens is 356 g/mol. The third-order valence-corrected chi connectivity index (χ3v) is 4.21. The zero-order valence-electron chi connectivity index (χ0n) is 15.1. The first-order valence-corrected chi connectivity index (χ1v) is 8.26. The van der Waals surface area contributed by atoms with E-state index in [1.165, 1.54) is 6.21 Å². The molecule has 0 atom stereocenters. The van der Waals surface area contributed by atoms with Gasteiger partial charge in [0.2, 0.25) is 0 Å². The highest BCUT2D eigenvalue weighted by Crippen LogP contribution is 2.25. The van der Waals surface area contributed by atoms with Crippen LogP contribution in [0.1, 0.15) is 16.7 Å². The van der Waals surface area contributed by atoms with E-state index in [2.05, 4.69) is 10.5 Å². The minimum atomic E-state index is -0.381. The number of hydrogen-bond acceptors (Lipinski definition) is 5. The molecule has 0 fully saturated rings. The normalized spacial score (nSPS) is 10.7. The predicted octanol–water partition coefficient (Wildman–Crippen LogP) is 3.50. The fraction of sp³-hybridized carbons (Fsp3) is 0.263. The Balaban J connectivity index is 1.94. The molecule has 0 saturated heterocycles. The smallest absolute Gasteiger partial charge is 0.277 e. The van der Waals surface area contributed by atoms with E-state index in [0.29, 0.717) is 27.8 Å². The Morgan fingerprint density at radius 1 is 1.12 bits per heavy atom. The summed E-state index contributed by atoms with van der Waals surface area (Å²) in [6.07, 6.45) is 1.48. The zero-order valence-corrected chi connectivity index (χ0v) is 15.9. The molecule has 0 radical (unpaired) electrons. The molecule has 26 heavy (non-hydrogen) atoms. The summed E-state index contributed by atoms with van der Waals surface area (Å²) < 4.78 is 15.9. The summed E-state index contributed by atoms with van der Waals surface area (Å²) in [7, 11) is 3.13. The highest BCUT2D eigenvalue weighted by Gasteiger charge is 2.07. The molecule has 2 aromatic carbocycles. The molecule has 1 N–H and O–H groups in total. The van der Waals surface area contributed by atoms with Gasteiger partial charge < -0.3 is 14.2 Å². The number of aryl methyl sites for hydroxylation is 2. The Morgan fingerprint density at radius 3 is 2.42 bits per heavy atom. The van der Waals surface area contributed by atoms with Gasteiger partial charge in [-0.2, -0.15) is 5.10 Å². The van der Waals surface area contributed by atoms with Crippen molar-refractivity contribution in [3.8, 4) is 17.2 Å². The van der Waals surface area contributed by atoms with Crippen molar-refractivity contribution in [2.24, 2.45) is 5.10 Å². The molecule has 0 saturated carbocycles. The van der Waals surface area contributed by atoms with Gasteiger partial charge in [-0.3, -0.25) is 4.79 Å². The number of hydrogen-bond donors (Lipinski definition) is 1. The summed E-state index contributed by atoms with van der Waals surface area (Å²) in [5.41, 5.74) is 4.88. The number of carbonyl (C=O) groups is 1. The lowest BCUT2D eigenvalue weighted by atomic mass is 10.1. The van der Waals surface area contributed by atoms with Crippen LogP contribution in [-0.4, -0.2) is 32.9 Å². The van der Waals surface area contributed by atoms with Crippen LogP contribution in [0.2, 0.25) is 5.02 Å². The molecule has 0 aromatic heterocycles. The summed E-state index contributed by atoms with van der Waals surface area (Å²) in [5.74, 6) is 1.48. The highest BCUT2D eigenvalue weighted by atomic mass is 35.5. The molecule has 0 heterocycles. The van der Waals surface area contributed by atoms with E-state index in [9.17, 15) is 4.79 Å². The molecule has 2 aromatic rings. The Morgan fingerprint density at radius 2 is 1.81 bits per heavy atom. The number of rotatable bonds is 7. The third-order valence-electron chi connectivity index (χ3n) is 3.61. The summed E-state index contributed by atoms with van der Waals surface area (Å²) >= 11 is 6.11. The van der Waals surface area contributed by atoms with E-state index >= 15 is 0 Å². The van der Waals surface area contributed by atoms with Gasteiger partial charge in [-0.1, -0.05) is 11.6 Å². The number of methoxy groups -OCH3 is 2. The second-order valence-electron chi connectivity index (χ2n) is 5.56. The van der Waals surface area contributed by atoms with Crippen LogP contribution in [-0.2, 0) is 4.79 Å². The summed E-state index contributed by atoms with van der Waals surface area (Å²) in [6.45, 7) is 3.61. The minimum absolute atomic E-state index is 0.160. The first-order chi connectivity index (χ1) is 12.4. The summed E-state index contributed by atoms with van der Waals surface area (Å²) in [6, 6.07) is 8.86. The molecule has 0 aliphatic rings. The molecule has 0 unspecified atom stereocenters. The first kappa shape index (κ1) is 19.6. The third kappa shape index (κ3) is 5.13. The predicted molar refractivity (Wildman–Crippen MR) is 102 cm³/mol. The second-order valence-corrected chi connectivity index (χ2v) is 5.94. The van der Waals surface area contributed by atoms with Crippen molar-refractivity contribution in [2.75, 3.05) is 20.8 Å². The van der Waals surface area contributed by atoms with E-state index in [1.807, 2.05) is 13.8 Å². The Bertz CT molecular complexity index is 798. The molecule has 7 heteroatoms. The molecule has 1 amide bonds. The standard InChI is InChI=1S/C19H21ClN2O4/c1-12-7-16(8-13(2)19(12)20)26-11-18(23)22-21-10-14-9-15(24-3)5-6-17(14)25-4/h5-10H,11H2,1-4H3,(H,22,23). The molecule has 138 valence electrons. The van der Waals surface area contributed by atoms with Crippen molar-refractivity contribution in [3.05, 3.63) is 52.0 Å². The van der Waals surface area contributed by atoms with Crippen LogP contribution in [0.25, 0.3) is 0 Å². The first-order valence-electron chi connectivity index (χ1n) is 7.88. The molecule has 2 rings (SSSR count). The maximum Gasteiger partial charge on any atom is 0.277 e. The van der Waals surface area contributed by atoms with Crippen LogP contribution in [0.15, 0.2) is 35.4 Å². The maximum atomic E-state index is 11.9. The maximum absolute atomic E-state index is 11.9. The highest BCUT2D eigenvalue weighted by molar-refractivity contribution is 6.32. The number of benzene rings is 2. The van der Waals surface area contributed by atoms with Crippen LogP contribution in [0.3, 0.4) is 0 Å². The van der Waals surface area contributed by atoms with Crippen molar-refractivity contribution in [1.29, 1.82) is 0 Å². The number of halogens is 1. The second kappa shape index (κ2) is 9.10. The van der Waals surface area contributed by atoms with Crippen molar-refractivity contribution in [2.45, 2.75) is 13.8 Å². The lowest BCUT2D eigenvalue weighted by Gasteiger charge is -2.09. The largest absolute Gasteiger partial charge is 0.497 e. The van der Waals surface area contributed by atoms with Gasteiger partial charge in [0, 0.05) is 10.6 Å². The van der Waals surface area contributed by atoms with Gasteiger partial charge in [-0.05, 0) is 55.3 Å². The summed E-state index contributed by atoms with van der Waals surface area (Å²) in [5, 5.41) is 4.62. The molecule has 6 nitrogen and oxygen atoms in total. The molecule has 0 aliphatic carbocycles. The average Bonchev–Trinajstić information content (AvgIpc) is 2.64. The van der Waals surface area contributed by atoms with Gasteiger partial charge in [-0.15, -0.1) is 0 Å². The topological polar surface area (TPSA) is 69.2 Å². The van der Waals surface area contributed by atoms with E-state index < -0.39 is 0 Å². The van der Waals surface area contributed by atoms with Crippen molar-refractivity contribution in [1.82, 2.24) is 5.43 Å². The van der Waals surface area contributed by atoms with E-state index in [0.717, 1.165) is 11.1 Å². The Labute approximate surface area is 157 Å². The fourth-order valence-electron chi connectivity index (χ4n) is 2.28. The number of carbonyl (C=O) groups excluding carboxylic acids is 1. The number of amides is 1. The zero-order chi connectivity index (χ0) is 19.1. The van der Waals surface area contributed by atoms with Crippen LogP contribution in [0, 0.1) is 13.8 Å². The van der Waals surface area contributed by atoms with Gasteiger partial charge >= 0.3 is 0 Å². The lowest BCUT2D eigenvalue weighted by Crippen LogP contribution is -2.24. The lowest BCUT2D eigenvalue weighted by molar-refractivity contribution is -0.123. The van der Waals surface area contributed by atoms with Gasteiger partial charge in [0.15, 0.2) is 6.61 Å². The number of nitrogens with one attached hydrogen (secondary N) is 1. The number of ether oxygens (including phenoxy) is 3. The van der Waals surface area contributed by atoms with Crippen LogP contribution >= 0.6 is 11.6 Å². The quantitative estimate of drug-likeness (QED) is 0.593. The average molecular weight is 377 g/mol. The van der Waals surface area contributed by atoms with Gasteiger partial charge in [0.1, 0.15) is 17.2 Å². The monoisotopic (exact) mass is 376 g/mol. The number of nitrogens with zero attached hydrogens (tertiary/aromatic N) is 1. The minimum Gasteiger partial charge on any atom is -0.497 e. The van der Waals surface area contributed by atoms with E-state index in [4.69, 9.17) is 25.8 Å². The van der Waals surface area contributed by atoms with Crippen LogP contribution < -0.4 is 19.6 Å². The SMILES string of the molecule is COc1ccc(OC)c(C=NNC(=O)COc2cc(C)c(Cl)c(C)c2)c1. The van der Waals surface area contributed by atoms with Gasteiger partial charge in [-0.25, -0.2) is 5.43 Å². The molecule has 0 spiro atoms. The fourth-order valence-corrected chi connectivity index (χ4v) is 2.39. The molecule has 0 bridgehead atoms. The van der Waals surface area contributed by atoms with Crippen molar-refractivity contribution >= 4 is 23.7 Å². The molecule has 0 aliphatic heterocycles. The Kier molecular flexibility index (Phi) is 6.86. The van der Waals surface area contributed by atoms with Crippen molar-refractivity contribution in [3.63, 3.8) is 0 Å². The van der Waals surface area contributed by atoms with Crippen LogP contribution in [0.5, 0.6) is 17.2 Å². The Hall–Kier alpha value is -2.73.